The van der Waals surface area contributed by atoms with Crippen LogP contribution in [0.4, 0.5) is 10.5 Å². The summed E-state index contributed by atoms with van der Waals surface area (Å²) in [4.78, 5) is 10.6. The highest BCUT2D eigenvalue weighted by Crippen LogP contribution is 2.19. The first-order valence-electron chi connectivity index (χ1n) is 3.34. The van der Waals surface area contributed by atoms with Crippen molar-refractivity contribution in [3.05, 3.63) is 24.3 Å². The molecule has 0 amide bonds. The highest BCUT2D eigenvalue weighted by atomic mass is 16.7. The fourth-order valence-electron chi connectivity index (χ4n) is 0.705. The molecule has 12 heavy (non-hydrogen) atoms. The second-order valence-corrected chi connectivity index (χ2v) is 2.09. The number of anilines is 1. The van der Waals surface area contributed by atoms with Gasteiger partial charge in [-0.25, -0.2) is 4.79 Å². The lowest BCUT2D eigenvalue weighted by molar-refractivity contribution is 0.121. The maximum absolute atomic E-state index is 10.6. The molecule has 4 heteroatoms. The molecule has 1 aromatic carbocycles. The van der Waals surface area contributed by atoms with Crippen molar-refractivity contribution in [3.63, 3.8) is 0 Å². The van der Waals surface area contributed by atoms with E-state index in [0.29, 0.717) is 11.4 Å². The summed E-state index contributed by atoms with van der Waals surface area (Å²) in [5.41, 5.74) is 5.90. The number of benzene rings is 1. The summed E-state index contributed by atoms with van der Waals surface area (Å²) in [7, 11) is 1.24. The molecule has 0 aliphatic heterocycles. The monoisotopic (exact) mass is 167 g/mol. The van der Waals surface area contributed by atoms with Crippen molar-refractivity contribution in [3.8, 4) is 5.75 Å². The Morgan fingerprint density at radius 1 is 1.42 bits per heavy atom. The topological polar surface area (TPSA) is 61.5 Å². The Hall–Kier alpha value is -1.71. The van der Waals surface area contributed by atoms with Crippen LogP contribution in [0.1, 0.15) is 0 Å². The number of ether oxygens (including phenoxy) is 2. The van der Waals surface area contributed by atoms with Gasteiger partial charge in [-0.3, -0.25) is 0 Å². The number of methoxy groups -OCH3 is 1. The molecule has 0 bridgehead atoms. The number of nitrogens with two attached hydrogens (primary N) is 1. The fraction of sp³-hybridized carbons (Fsp3) is 0.125. The molecular weight excluding hydrogens is 158 g/mol. The molecule has 0 unspecified atom stereocenters. The number of para-hydroxylation sites is 2. The predicted molar refractivity (Wildman–Crippen MR) is 43.9 cm³/mol. The molecule has 1 rings (SSSR count). The van der Waals surface area contributed by atoms with Crippen molar-refractivity contribution in [2.45, 2.75) is 0 Å². The van der Waals surface area contributed by atoms with Crippen LogP contribution in [0.25, 0.3) is 0 Å². The maximum atomic E-state index is 10.6. The third-order valence-electron chi connectivity index (χ3n) is 1.28. The molecule has 0 atom stereocenters. The minimum Gasteiger partial charge on any atom is -0.437 e. The molecule has 2 N–H and O–H groups in total. The van der Waals surface area contributed by atoms with E-state index in [9.17, 15) is 4.79 Å². The number of hydrogen-bond acceptors (Lipinski definition) is 4. The predicted octanol–water partition coefficient (Wildman–Crippen LogP) is 1.41. The van der Waals surface area contributed by atoms with Crippen LogP contribution in [-0.2, 0) is 4.74 Å². The average Bonchev–Trinajstić information content (AvgIpc) is 2.09. The smallest absolute Gasteiger partial charge is 0.437 e. The van der Waals surface area contributed by atoms with Crippen LogP contribution in [0.3, 0.4) is 0 Å². The van der Waals surface area contributed by atoms with Gasteiger partial charge in [-0.2, -0.15) is 0 Å². The van der Waals surface area contributed by atoms with Crippen molar-refractivity contribution in [2.75, 3.05) is 12.8 Å². The first-order valence-corrected chi connectivity index (χ1v) is 3.34. The lowest BCUT2D eigenvalue weighted by Crippen LogP contribution is -2.08. The van der Waals surface area contributed by atoms with Crippen molar-refractivity contribution in [1.29, 1.82) is 0 Å². The van der Waals surface area contributed by atoms with Crippen LogP contribution in [0.5, 0.6) is 5.75 Å². The molecule has 0 fully saturated rings. The molecule has 0 aliphatic rings. The summed E-state index contributed by atoms with van der Waals surface area (Å²) < 4.78 is 9.00. The normalized spacial score (nSPS) is 9.08. The molecular formula is C8H9NO3. The minimum atomic E-state index is -0.770. The molecule has 0 heterocycles. The van der Waals surface area contributed by atoms with E-state index in [-0.39, 0.29) is 0 Å². The van der Waals surface area contributed by atoms with Crippen molar-refractivity contribution < 1.29 is 14.3 Å². The minimum absolute atomic E-state index is 0.310. The highest BCUT2D eigenvalue weighted by molar-refractivity contribution is 5.67. The molecule has 0 saturated heterocycles. The fourth-order valence-corrected chi connectivity index (χ4v) is 0.705. The summed E-state index contributed by atoms with van der Waals surface area (Å²) in [6, 6.07) is 6.69. The maximum Gasteiger partial charge on any atom is 0.513 e. The third kappa shape index (κ3) is 1.88. The van der Waals surface area contributed by atoms with Crippen LogP contribution in [0, 0.1) is 0 Å². The second-order valence-electron chi connectivity index (χ2n) is 2.09. The van der Waals surface area contributed by atoms with Gasteiger partial charge < -0.3 is 15.2 Å². The van der Waals surface area contributed by atoms with Crippen LogP contribution < -0.4 is 10.5 Å². The highest BCUT2D eigenvalue weighted by Gasteiger charge is 2.04. The van der Waals surface area contributed by atoms with Crippen molar-refractivity contribution in [2.24, 2.45) is 0 Å². The van der Waals surface area contributed by atoms with Gasteiger partial charge >= 0.3 is 6.16 Å². The summed E-state index contributed by atoms with van der Waals surface area (Å²) in [5, 5.41) is 0. The number of rotatable bonds is 1. The molecule has 4 nitrogen and oxygen atoms in total. The van der Waals surface area contributed by atoms with E-state index in [1.807, 2.05) is 0 Å². The van der Waals surface area contributed by atoms with E-state index in [1.165, 1.54) is 7.11 Å². The average molecular weight is 167 g/mol. The SMILES string of the molecule is COC(=O)Oc1ccccc1N. The van der Waals surface area contributed by atoms with Crippen LogP contribution in [-0.4, -0.2) is 13.3 Å². The van der Waals surface area contributed by atoms with Gasteiger partial charge in [-0.05, 0) is 12.1 Å². The van der Waals surface area contributed by atoms with Gasteiger partial charge in [-0.15, -0.1) is 0 Å². The molecule has 1 aromatic rings. The first kappa shape index (κ1) is 8.39. The van der Waals surface area contributed by atoms with E-state index in [4.69, 9.17) is 10.5 Å². The quantitative estimate of drug-likeness (QED) is 0.390. The molecule has 0 aliphatic carbocycles. The Morgan fingerprint density at radius 2 is 2.08 bits per heavy atom. The van der Waals surface area contributed by atoms with Gasteiger partial charge in [0.25, 0.3) is 0 Å². The summed E-state index contributed by atoms with van der Waals surface area (Å²) in [6.45, 7) is 0. The van der Waals surface area contributed by atoms with Crippen molar-refractivity contribution in [1.82, 2.24) is 0 Å². The van der Waals surface area contributed by atoms with Gasteiger partial charge in [0.2, 0.25) is 0 Å². The molecule has 0 saturated carbocycles. The van der Waals surface area contributed by atoms with Gasteiger partial charge in [-0.1, -0.05) is 12.1 Å². The van der Waals surface area contributed by atoms with E-state index >= 15 is 0 Å². The van der Waals surface area contributed by atoms with Crippen LogP contribution in [0.2, 0.25) is 0 Å². The van der Waals surface area contributed by atoms with E-state index in [1.54, 1.807) is 24.3 Å². The third-order valence-corrected chi connectivity index (χ3v) is 1.28. The Bertz CT molecular complexity index is 285. The summed E-state index contributed by atoms with van der Waals surface area (Å²) in [6.07, 6.45) is -0.770. The van der Waals surface area contributed by atoms with E-state index < -0.39 is 6.16 Å². The molecule has 0 aromatic heterocycles. The lowest BCUT2D eigenvalue weighted by Gasteiger charge is -2.03. The zero-order valence-corrected chi connectivity index (χ0v) is 6.61. The molecule has 0 radical (unpaired) electrons. The number of nitrogen functional groups attached to an aromatic ring is 1. The summed E-state index contributed by atoms with van der Waals surface area (Å²) >= 11 is 0. The zero-order valence-electron chi connectivity index (χ0n) is 6.61. The van der Waals surface area contributed by atoms with Gasteiger partial charge in [0, 0.05) is 0 Å². The van der Waals surface area contributed by atoms with Gasteiger partial charge in [0.1, 0.15) is 0 Å². The lowest BCUT2D eigenvalue weighted by atomic mass is 10.3. The van der Waals surface area contributed by atoms with Crippen LogP contribution >= 0.6 is 0 Å². The number of hydrogen-bond donors (Lipinski definition) is 1. The van der Waals surface area contributed by atoms with E-state index in [2.05, 4.69) is 4.74 Å². The number of carbonyl (C=O) groups excluding carboxylic acids is 1. The van der Waals surface area contributed by atoms with Gasteiger partial charge in [0.05, 0.1) is 12.8 Å². The Morgan fingerprint density at radius 3 is 2.67 bits per heavy atom. The zero-order chi connectivity index (χ0) is 8.97. The van der Waals surface area contributed by atoms with Crippen LogP contribution in [0.15, 0.2) is 24.3 Å². The Labute approximate surface area is 69.9 Å². The Kier molecular flexibility index (Phi) is 2.53. The standard InChI is InChI=1S/C8H9NO3/c1-11-8(10)12-7-5-3-2-4-6(7)9/h2-5H,9H2,1H3. The Balaban J connectivity index is 2.75. The number of carbonyl (C=O) groups is 1. The van der Waals surface area contributed by atoms with Crippen molar-refractivity contribution >= 4 is 11.8 Å². The summed E-state index contributed by atoms with van der Waals surface area (Å²) in [5.74, 6) is 0.310. The molecule has 0 spiro atoms. The molecule has 64 valence electrons. The second kappa shape index (κ2) is 3.61. The van der Waals surface area contributed by atoms with Gasteiger partial charge in [0.15, 0.2) is 5.75 Å². The largest absolute Gasteiger partial charge is 0.513 e. The van der Waals surface area contributed by atoms with E-state index in [0.717, 1.165) is 0 Å². The first-order chi connectivity index (χ1) is 5.74.